The van der Waals surface area contributed by atoms with Crippen molar-refractivity contribution in [3.05, 3.63) is 111 Å². The van der Waals surface area contributed by atoms with E-state index in [1.54, 1.807) is 61.7 Å². The molecule has 0 fully saturated rings. The normalized spacial score (nSPS) is 13.2. The largest absolute Gasteiger partial charge is 0.495 e. The third kappa shape index (κ3) is 5.20. The van der Waals surface area contributed by atoms with Gasteiger partial charge in [0.15, 0.2) is 0 Å². The van der Waals surface area contributed by atoms with Crippen molar-refractivity contribution in [2.75, 3.05) is 22.6 Å². The minimum Gasteiger partial charge on any atom is -0.495 e. The Labute approximate surface area is 228 Å². The first-order valence-electron chi connectivity index (χ1n) is 11.7. The number of rotatable bonds is 8. The fraction of sp³-hybridized carbons (Fsp3) is 0.0690. The van der Waals surface area contributed by atoms with Gasteiger partial charge in [0.2, 0.25) is 0 Å². The van der Waals surface area contributed by atoms with Crippen molar-refractivity contribution in [3.8, 4) is 5.75 Å². The number of thiophene rings is 1. The first-order valence-corrected chi connectivity index (χ1v) is 13.4. The summed E-state index contributed by atoms with van der Waals surface area (Å²) in [5.41, 5.74) is 2.76. The predicted molar refractivity (Wildman–Crippen MR) is 152 cm³/mol. The van der Waals surface area contributed by atoms with Gasteiger partial charge < -0.3 is 15.4 Å². The number of nitrogens with zero attached hydrogens (tertiary/aromatic N) is 1. The fourth-order valence-electron chi connectivity index (χ4n) is 3.94. The Hall–Kier alpha value is -4.34. The van der Waals surface area contributed by atoms with Gasteiger partial charge in [-0.1, -0.05) is 48.2 Å². The summed E-state index contributed by atoms with van der Waals surface area (Å²) in [6, 6.07) is 25.1. The molecule has 1 aliphatic rings. The van der Waals surface area contributed by atoms with Crippen molar-refractivity contribution >= 4 is 57.9 Å². The quantitative estimate of drug-likeness (QED) is 0.254. The molecule has 0 unspecified atom stereocenters. The Morgan fingerprint density at radius 2 is 1.74 bits per heavy atom. The molecule has 190 valence electrons. The minimum atomic E-state index is -0.464. The van der Waals surface area contributed by atoms with Crippen LogP contribution in [-0.4, -0.2) is 24.8 Å². The highest BCUT2D eigenvalue weighted by molar-refractivity contribution is 8.04. The Bertz CT molecular complexity index is 1550. The summed E-state index contributed by atoms with van der Waals surface area (Å²) in [6.45, 7) is 1.93. The number of hydrogen-bond acceptors (Lipinski definition) is 7. The van der Waals surface area contributed by atoms with Gasteiger partial charge >= 0.3 is 0 Å². The van der Waals surface area contributed by atoms with Crippen LogP contribution in [0.15, 0.2) is 106 Å². The number of aryl methyl sites for hydroxylation is 1. The Morgan fingerprint density at radius 1 is 0.921 bits per heavy atom. The van der Waals surface area contributed by atoms with Crippen LogP contribution in [0.25, 0.3) is 0 Å². The van der Waals surface area contributed by atoms with Gasteiger partial charge in [-0.25, -0.2) is 4.90 Å². The molecule has 38 heavy (non-hydrogen) atoms. The summed E-state index contributed by atoms with van der Waals surface area (Å²) in [7, 11) is 1.55. The lowest BCUT2D eigenvalue weighted by atomic mass is 10.2. The smallest absolute Gasteiger partial charge is 0.283 e. The van der Waals surface area contributed by atoms with Crippen LogP contribution >= 0.6 is 23.1 Å². The molecule has 9 heteroatoms. The lowest BCUT2D eigenvalue weighted by Crippen LogP contribution is -2.32. The average molecular weight is 542 g/mol. The van der Waals surface area contributed by atoms with E-state index in [1.807, 2.05) is 42.6 Å². The second-order valence-corrected chi connectivity index (χ2v) is 10.4. The Morgan fingerprint density at radius 3 is 2.47 bits per heavy atom. The molecule has 0 aliphatic carbocycles. The van der Waals surface area contributed by atoms with Crippen molar-refractivity contribution in [3.63, 3.8) is 0 Å². The molecule has 0 spiro atoms. The summed E-state index contributed by atoms with van der Waals surface area (Å²) >= 11 is 2.51. The molecule has 0 atom stereocenters. The van der Waals surface area contributed by atoms with Crippen LogP contribution in [0.1, 0.15) is 15.2 Å². The van der Waals surface area contributed by atoms with Gasteiger partial charge in [-0.15, -0.1) is 11.3 Å². The van der Waals surface area contributed by atoms with E-state index < -0.39 is 11.8 Å². The van der Waals surface area contributed by atoms with Gasteiger partial charge in [-0.05, 0) is 66.4 Å². The molecule has 0 bridgehead atoms. The van der Waals surface area contributed by atoms with Crippen LogP contribution in [0.3, 0.4) is 0 Å². The Balaban J connectivity index is 1.50. The molecule has 0 radical (unpaired) electrons. The number of imide groups is 1. The number of thioether (sulfide) groups is 1. The SMILES string of the molecule is COc1ccc(C)cc1NC1=C(Sc2cccc(NC(=O)c3cccs3)c2)C(=O)N(c2ccccc2)C1=O. The molecule has 5 rings (SSSR count). The first kappa shape index (κ1) is 25.3. The number of anilines is 3. The zero-order valence-corrected chi connectivity index (χ0v) is 22.2. The highest BCUT2D eigenvalue weighted by atomic mass is 32.2. The van der Waals surface area contributed by atoms with Crippen LogP contribution in [-0.2, 0) is 9.59 Å². The number of methoxy groups -OCH3 is 1. The van der Waals surface area contributed by atoms with Crippen LogP contribution in [0.2, 0.25) is 0 Å². The third-order valence-corrected chi connectivity index (χ3v) is 7.67. The van der Waals surface area contributed by atoms with Gasteiger partial charge in [0.1, 0.15) is 16.4 Å². The molecule has 1 aromatic heterocycles. The molecular formula is C29H23N3O4S2. The van der Waals surface area contributed by atoms with Crippen molar-refractivity contribution in [2.24, 2.45) is 0 Å². The minimum absolute atomic E-state index is 0.153. The number of hydrogen-bond donors (Lipinski definition) is 2. The zero-order chi connectivity index (χ0) is 26.6. The van der Waals surface area contributed by atoms with Gasteiger partial charge in [-0.2, -0.15) is 0 Å². The van der Waals surface area contributed by atoms with Crippen LogP contribution in [0.5, 0.6) is 5.75 Å². The van der Waals surface area contributed by atoms with Crippen molar-refractivity contribution in [2.45, 2.75) is 11.8 Å². The fourth-order valence-corrected chi connectivity index (χ4v) is 5.54. The van der Waals surface area contributed by atoms with Crippen LogP contribution in [0, 0.1) is 6.92 Å². The van der Waals surface area contributed by atoms with E-state index in [1.165, 1.54) is 11.3 Å². The summed E-state index contributed by atoms with van der Waals surface area (Å²) in [6.07, 6.45) is 0. The second kappa shape index (κ2) is 11.0. The first-order chi connectivity index (χ1) is 18.4. The highest BCUT2D eigenvalue weighted by Crippen LogP contribution is 2.39. The van der Waals surface area contributed by atoms with E-state index in [2.05, 4.69) is 10.6 Å². The molecule has 2 heterocycles. The van der Waals surface area contributed by atoms with E-state index in [-0.39, 0.29) is 16.5 Å². The summed E-state index contributed by atoms with van der Waals surface area (Å²) in [4.78, 5) is 42.5. The summed E-state index contributed by atoms with van der Waals surface area (Å²) in [5, 5.41) is 7.89. The summed E-state index contributed by atoms with van der Waals surface area (Å²) < 4.78 is 5.48. The molecular weight excluding hydrogens is 518 g/mol. The van der Waals surface area contributed by atoms with Gasteiger partial charge in [0.05, 0.1) is 23.4 Å². The van der Waals surface area contributed by atoms with Crippen LogP contribution < -0.4 is 20.3 Å². The number of ether oxygens (including phenoxy) is 1. The molecule has 1 aliphatic heterocycles. The standard InChI is InChI=1S/C29H23N3O4S2/c1-18-13-14-23(36-2)22(16-18)31-25-26(29(35)32(28(25)34)20-9-4-3-5-10-20)38-21-11-6-8-19(17-21)30-27(33)24-12-7-15-37-24/h3-17,31H,1-2H3,(H,30,33). The third-order valence-electron chi connectivity index (χ3n) is 5.73. The lowest BCUT2D eigenvalue weighted by Gasteiger charge is -2.16. The number of carbonyl (C=O) groups excluding carboxylic acids is 3. The highest BCUT2D eigenvalue weighted by Gasteiger charge is 2.40. The second-order valence-electron chi connectivity index (χ2n) is 8.38. The number of nitrogens with one attached hydrogen (secondary N) is 2. The van der Waals surface area contributed by atoms with E-state index in [0.29, 0.717) is 32.6 Å². The maximum absolute atomic E-state index is 13.6. The maximum atomic E-state index is 13.6. The number of benzene rings is 3. The van der Waals surface area contributed by atoms with Crippen LogP contribution in [0.4, 0.5) is 17.1 Å². The molecule has 7 nitrogen and oxygen atoms in total. The maximum Gasteiger partial charge on any atom is 0.283 e. The van der Waals surface area contributed by atoms with E-state index >= 15 is 0 Å². The number of carbonyl (C=O) groups is 3. The van der Waals surface area contributed by atoms with Gasteiger partial charge in [0, 0.05) is 10.6 Å². The number of para-hydroxylation sites is 1. The average Bonchev–Trinajstić information content (AvgIpc) is 3.53. The van der Waals surface area contributed by atoms with Crippen molar-refractivity contribution in [1.29, 1.82) is 0 Å². The monoisotopic (exact) mass is 541 g/mol. The van der Waals surface area contributed by atoms with Gasteiger partial charge in [-0.3, -0.25) is 14.4 Å². The molecule has 4 aromatic rings. The molecule has 0 saturated carbocycles. The molecule has 2 N–H and O–H groups in total. The molecule has 0 saturated heterocycles. The van der Waals surface area contributed by atoms with Gasteiger partial charge in [0.25, 0.3) is 17.7 Å². The number of amides is 3. The molecule has 3 amide bonds. The molecule has 3 aromatic carbocycles. The van der Waals surface area contributed by atoms with E-state index in [0.717, 1.165) is 22.2 Å². The van der Waals surface area contributed by atoms with Crippen molar-refractivity contribution in [1.82, 2.24) is 0 Å². The summed E-state index contributed by atoms with van der Waals surface area (Å²) in [5.74, 6) is -0.565. The predicted octanol–water partition coefficient (Wildman–Crippen LogP) is 6.31. The topological polar surface area (TPSA) is 87.7 Å². The van der Waals surface area contributed by atoms with E-state index in [9.17, 15) is 14.4 Å². The van der Waals surface area contributed by atoms with Crippen molar-refractivity contribution < 1.29 is 19.1 Å². The van der Waals surface area contributed by atoms with E-state index in [4.69, 9.17) is 4.74 Å². The lowest BCUT2D eigenvalue weighted by molar-refractivity contribution is -0.120. The zero-order valence-electron chi connectivity index (χ0n) is 20.6. The Kier molecular flexibility index (Phi) is 7.30.